The van der Waals surface area contributed by atoms with Gasteiger partial charge >= 0.3 is 0 Å². The van der Waals surface area contributed by atoms with Gasteiger partial charge in [-0.15, -0.1) is 0 Å². The van der Waals surface area contributed by atoms with Gasteiger partial charge in [0.25, 0.3) is 6.02 Å². The van der Waals surface area contributed by atoms with Crippen molar-refractivity contribution in [2.45, 2.75) is 12.0 Å². The van der Waals surface area contributed by atoms with Crippen molar-refractivity contribution >= 4 is 11.6 Å². The van der Waals surface area contributed by atoms with Gasteiger partial charge in [0.15, 0.2) is 5.54 Å². The average molecular weight is 430 g/mol. The molecule has 0 amide bonds. The molecular formula is C24H19FN4O3. The number of nitrogens with two attached hydrogens (primary N) is 1. The largest absolute Gasteiger partial charge is 0.462 e. The zero-order valence-electron chi connectivity index (χ0n) is 17.0. The fourth-order valence-electron chi connectivity index (χ4n) is 4.52. The molecule has 0 fully saturated rings. The Kier molecular flexibility index (Phi) is 4.22. The first-order chi connectivity index (χ1) is 15.6. The molecule has 3 aliphatic heterocycles. The van der Waals surface area contributed by atoms with E-state index in [0.29, 0.717) is 36.7 Å². The van der Waals surface area contributed by atoms with E-state index in [-0.39, 0.29) is 18.4 Å². The van der Waals surface area contributed by atoms with Crippen LogP contribution in [0, 0.1) is 5.82 Å². The number of aliphatic imine (C=N–C) groups is 1. The normalized spacial score (nSPS) is 21.2. The van der Waals surface area contributed by atoms with Gasteiger partial charge in [0.05, 0.1) is 13.2 Å². The van der Waals surface area contributed by atoms with Crippen LogP contribution in [0.2, 0.25) is 0 Å². The molecule has 6 rings (SSSR count). The highest BCUT2D eigenvalue weighted by molar-refractivity contribution is 5.79. The third kappa shape index (κ3) is 2.87. The topological polar surface area (TPSA) is 91.9 Å². The Balaban J connectivity index is 1.56. The van der Waals surface area contributed by atoms with Gasteiger partial charge < -0.3 is 19.9 Å². The number of rotatable bonds is 2. The van der Waals surface area contributed by atoms with Crippen molar-refractivity contribution in [1.82, 2.24) is 9.97 Å². The fourth-order valence-corrected chi connectivity index (χ4v) is 4.52. The molecule has 0 saturated heterocycles. The molecule has 3 aromatic rings. The van der Waals surface area contributed by atoms with Gasteiger partial charge in [0, 0.05) is 40.7 Å². The van der Waals surface area contributed by atoms with Gasteiger partial charge in [-0.2, -0.15) is 0 Å². The minimum absolute atomic E-state index is 0.0911. The number of halogens is 1. The summed E-state index contributed by atoms with van der Waals surface area (Å²) in [4.78, 5) is 12.9. The minimum atomic E-state index is -0.938. The summed E-state index contributed by atoms with van der Waals surface area (Å²) in [7, 11) is 0. The van der Waals surface area contributed by atoms with Crippen LogP contribution < -0.4 is 10.5 Å². The first-order valence-electron chi connectivity index (χ1n) is 10.3. The van der Waals surface area contributed by atoms with Crippen LogP contribution in [0.5, 0.6) is 11.5 Å². The monoisotopic (exact) mass is 430 g/mol. The number of hydrogen-bond acceptors (Lipinski definition) is 7. The molecule has 1 spiro atoms. The Hall–Kier alpha value is -3.78. The van der Waals surface area contributed by atoms with E-state index in [1.165, 1.54) is 12.4 Å². The molecule has 7 nitrogen and oxygen atoms in total. The molecule has 0 radical (unpaired) electrons. The third-order valence-corrected chi connectivity index (χ3v) is 6.09. The Morgan fingerprint density at radius 3 is 2.59 bits per heavy atom. The molecule has 0 saturated carbocycles. The SMILES string of the molecule is NC1=NC2(CO1)c1cc(-c3cncnc3)ccc1Oc1cc(F)c(C3=CCOCC3)cc12. The average Bonchev–Trinajstić information content (AvgIpc) is 3.22. The van der Waals surface area contributed by atoms with Gasteiger partial charge in [-0.1, -0.05) is 12.1 Å². The van der Waals surface area contributed by atoms with Crippen LogP contribution in [0.1, 0.15) is 23.1 Å². The van der Waals surface area contributed by atoms with Gasteiger partial charge in [-0.25, -0.2) is 19.4 Å². The van der Waals surface area contributed by atoms with Crippen LogP contribution in [0.25, 0.3) is 16.7 Å². The number of amidine groups is 1. The van der Waals surface area contributed by atoms with Gasteiger partial charge in [-0.05, 0) is 35.8 Å². The van der Waals surface area contributed by atoms with Crippen molar-refractivity contribution in [3.05, 3.63) is 77.6 Å². The van der Waals surface area contributed by atoms with Crippen LogP contribution in [0.4, 0.5) is 4.39 Å². The Bertz CT molecular complexity index is 1290. The summed E-state index contributed by atoms with van der Waals surface area (Å²) in [6.07, 6.45) is 7.52. The summed E-state index contributed by atoms with van der Waals surface area (Å²) in [6.45, 7) is 1.22. The summed E-state index contributed by atoms with van der Waals surface area (Å²) in [6, 6.07) is 9.08. The zero-order valence-corrected chi connectivity index (χ0v) is 17.0. The number of hydrogen-bond donors (Lipinski definition) is 1. The summed E-state index contributed by atoms with van der Waals surface area (Å²) in [5.74, 6) is 0.645. The molecule has 160 valence electrons. The lowest BCUT2D eigenvalue weighted by atomic mass is 9.79. The van der Waals surface area contributed by atoms with Crippen molar-refractivity contribution in [3.63, 3.8) is 0 Å². The molecule has 8 heteroatoms. The third-order valence-electron chi connectivity index (χ3n) is 6.09. The maximum absolute atomic E-state index is 15.1. The predicted octanol–water partition coefficient (Wildman–Crippen LogP) is 3.78. The maximum atomic E-state index is 15.1. The quantitative estimate of drug-likeness (QED) is 0.665. The molecule has 1 unspecified atom stereocenters. The molecule has 1 aromatic heterocycles. The first-order valence-corrected chi connectivity index (χ1v) is 10.3. The van der Waals surface area contributed by atoms with Crippen LogP contribution in [-0.4, -0.2) is 35.8 Å². The Labute approximate surface area is 183 Å². The van der Waals surface area contributed by atoms with Crippen LogP contribution in [0.15, 0.2) is 60.1 Å². The second-order valence-corrected chi connectivity index (χ2v) is 7.92. The maximum Gasteiger partial charge on any atom is 0.283 e. The number of ether oxygens (including phenoxy) is 3. The van der Waals surface area contributed by atoms with Crippen molar-refractivity contribution in [2.24, 2.45) is 10.7 Å². The lowest BCUT2D eigenvalue weighted by Gasteiger charge is -2.34. The second-order valence-electron chi connectivity index (χ2n) is 7.92. The van der Waals surface area contributed by atoms with E-state index in [1.54, 1.807) is 12.4 Å². The summed E-state index contributed by atoms with van der Waals surface area (Å²) >= 11 is 0. The van der Waals surface area contributed by atoms with Crippen molar-refractivity contribution in [1.29, 1.82) is 0 Å². The van der Waals surface area contributed by atoms with Crippen LogP contribution in [-0.2, 0) is 15.0 Å². The first kappa shape index (κ1) is 18.9. The molecule has 32 heavy (non-hydrogen) atoms. The lowest BCUT2D eigenvalue weighted by molar-refractivity contribution is 0.161. The molecule has 2 N–H and O–H groups in total. The highest BCUT2D eigenvalue weighted by atomic mass is 19.1. The molecule has 3 aliphatic rings. The van der Waals surface area contributed by atoms with Crippen LogP contribution >= 0.6 is 0 Å². The van der Waals surface area contributed by atoms with E-state index in [2.05, 4.69) is 9.97 Å². The lowest BCUT2D eigenvalue weighted by Crippen LogP contribution is -2.31. The smallest absolute Gasteiger partial charge is 0.283 e. The number of nitrogens with zero attached hydrogens (tertiary/aromatic N) is 3. The van der Waals surface area contributed by atoms with Crippen molar-refractivity contribution < 1.29 is 18.6 Å². The molecule has 1 atom stereocenters. The van der Waals surface area contributed by atoms with Gasteiger partial charge in [0.2, 0.25) is 0 Å². The van der Waals surface area contributed by atoms with Crippen molar-refractivity contribution in [3.8, 4) is 22.6 Å². The van der Waals surface area contributed by atoms with Crippen LogP contribution in [0.3, 0.4) is 0 Å². The van der Waals surface area contributed by atoms with Gasteiger partial charge in [0.1, 0.15) is 30.3 Å². The van der Waals surface area contributed by atoms with E-state index in [4.69, 9.17) is 24.9 Å². The molecule has 2 aromatic carbocycles. The molecule has 0 bridgehead atoms. The zero-order chi connectivity index (χ0) is 21.7. The highest BCUT2D eigenvalue weighted by Gasteiger charge is 2.47. The van der Waals surface area contributed by atoms with E-state index in [0.717, 1.165) is 27.8 Å². The number of fused-ring (bicyclic) bond motifs is 4. The molecular weight excluding hydrogens is 411 g/mol. The standard InChI is InChI=1S/C24H19FN4O3/c25-20-9-22-19(8-17(20)14-3-5-30-6-4-14)24(12-31-23(26)29-24)18-7-15(1-2-21(18)32-22)16-10-27-13-28-11-16/h1-3,7-11,13H,4-6,12H2,(H2,26,29). The van der Waals surface area contributed by atoms with E-state index in [1.807, 2.05) is 30.3 Å². The number of benzene rings is 2. The molecule has 4 heterocycles. The predicted molar refractivity (Wildman–Crippen MR) is 116 cm³/mol. The van der Waals surface area contributed by atoms with Gasteiger partial charge in [-0.3, -0.25) is 0 Å². The summed E-state index contributed by atoms with van der Waals surface area (Å²) < 4.78 is 32.3. The Morgan fingerprint density at radius 2 is 1.84 bits per heavy atom. The second kappa shape index (κ2) is 7.13. The highest BCUT2D eigenvalue weighted by Crippen LogP contribution is 2.52. The van der Waals surface area contributed by atoms with E-state index in [9.17, 15) is 0 Å². The van der Waals surface area contributed by atoms with Crippen molar-refractivity contribution in [2.75, 3.05) is 19.8 Å². The summed E-state index contributed by atoms with van der Waals surface area (Å²) in [5.41, 5.74) is 9.75. The summed E-state index contributed by atoms with van der Waals surface area (Å²) in [5, 5.41) is 0. The van der Waals surface area contributed by atoms with E-state index >= 15 is 4.39 Å². The number of aromatic nitrogens is 2. The van der Waals surface area contributed by atoms with E-state index < -0.39 is 5.54 Å². The fraction of sp³-hybridized carbons (Fsp3) is 0.208. The molecule has 0 aliphatic carbocycles. The minimum Gasteiger partial charge on any atom is -0.462 e. The Morgan fingerprint density at radius 1 is 1.00 bits per heavy atom.